The molecule has 0 fully saturated rings. The molecular formula is C13H18N4OS. The van der Waals surface area contributed by atoms with E-state index >= 15 is 0 Å². The molecule has 0 radical (unpaired) electrons. The molecule has 1 aromatic heterocycles. The van der Waals surface area contributed by atoms with Crippen molar-refractivity contribution >= 4 is 32.1 Å². The summed E-state index contributed by atoms with van der Waals surface area (Å²) in [5, 5.41) is 4.16. The van der Waals surface area contributed by atoms with Crippen LogP contribution in [0, 0.1) is 0 Å². The highest BCUT2D eigenvalue weighted by atomic mass is 32.2. The standard InChI is InChI=1S/C13H18N4OS/c1-9(2)16-13-11-7-10(17-19(3,4)18)5-6-12(11)14-8-15-13/h5-9H,1-4H3,(H,14,15,16). The van der Waals surface area contributed by atoms with Gasteiger partial charge in [0.25, 0.3) is 0 Å². The van der Waals surface area contributed by atoms with E-state index < -0.39 is 9.73 Å². The number of aromatic nitrogens is 2. The Kier molecular flexibility index (Phi) is 3.71. The predicted molar refractivity (Wildman–Crippen MR) is 80.4 cm³/mol. The van der Waals surface area contributed by atoms with Crippen LogP contribution in [0.15, 0.2) is 28.9 Å². The zero-order chi connectivity index (χ0) is 14.0. The van der Waals surface area contributed by atoms with E-state index in [1.165, 1.54) is 6.33 Å². The predicted octanol–water partition coefficient (Wildman–Crippen LogP) is 2.81. The number of fused-ring (bicyclic) bond motifs is 1. The summed E-state index contributed by atoms with van der Waals surface area (Å²) in [7, 11) is -2.17. The third-order valence-corrected chi connectivity index (χ3v) is 3.02. The van der Waals surface area contributed by atoms with E-state index in [-0.39, 0.29) is 6.04 Å². The lowest BCUT2D eigenvalue weighted by molar-refractivity contribution is 0.684. The maximum Gasteiger partial charge on any atom is 0.137 e. The van der Waals surface area contributed by atoms with Gasteiger partial charge in [-0.3, -0.25) is 0 Å². The van der Waals surface area contributed by atoms with Crippen molar-refractivity contribution in [2.75, 3.05) is 17.8 Å². The largest absolute Gasteiger partial charge is 0.367 e. The van der Waals surface area contributed by atoms with E-state index in [2.05, 4.69) is 19.6 Å². The number of anilines is 1. The quantitative estimate of drug-likeness (QED) is 0.937. The normalized spacial score (nSPS) is 11.8. The van der Waals surface area contributed by atoms with E-state index in [1.807, 2.05) is 32.0 Å². The molecule has 0 saturated heterocycles. The van der Waals surface area contributed by atoms with Gasteiger partial charge in [-0.05, 0) is 32.0 Å². The van der Waals surface area contributed by atoms with Crippen molar-refractivity contribution in [2.45, 2.75) is 19.9 Å². The van der Waals surface area contributed by atoms with Crippen LogP contribution in [0.2, 0.25) is 0 Å². The Hall–Kier alpha value is -1.69. The first-order valence-electron chi connectivity index (χ1n) is 6.03. The first-order valence-corrected chi connectivity index (χ1v) is 8.37. The Bertz CT molecular complexity index is 710. The van der Waals surface area contributed by atoms with E-state index in [4.69, 9.17) is 0 Å². The lowest BCUT2D eigenvalue weighted by Crippen LogP contribution is -2.11. The van der Waals surface area contributed by atoms with Crippen LogP contribution in [0.3, 0.4) is 0 Å². The highest BCUT2D eigenvalue weighted by Gasteiger charge is 2.06. The van der Waals surface area contributed by atoms with Crippen LogP contribution >= 0.6 is 0 Å². The topological polar surface area (TPSA) is 67.2 Å². The minimum Gasteiger partial charge on any atom is -0.367 e. The van der Waals surface area contributed by atoms with Crippen LogP contribution in [0.5, 0.6) is 0 Å². The summed E-state index contributed by atoms with van der Waals surface area (Å²) in [5.74, 6) is 0.774. The molecule has 6 heteroatoms. The van der Waals surface area contributed by atoms with E-state index in [9.17, 15) is 4.21 Å². The summed E-state index contributed by atoms with van der Waals surface area (Å²) in [6, 6.07) is 5.83. The second-order valence-electron chi connectivity index (χ2n) is 5.00. The molecule has 1 heterocycles. The van der Waals surface area contributed by atoms with Gasteiger partial charge >= 0.3 is 0 Å². The number of benzene rings is 1. The molecule has 0 unspecified atom stereocenters. The third-order valence-electron chi connectivity index (χ3n) is 2.37. The van der Waals surface area contributed by atoms with Gasteiger partial charge in [-0.25, -0.2) is 14.2 Å². The van der Waals surface area contributed by atoms with Crippen molar-refractivity contribution in [3.05, 3.63) is 24.5 Å². The number of nitrogens with one attached hydrogen (secondary N) is 1. The molecule has 1 aromatic carbocycles. The maximum absolute atomic E-state index is 11.7. The summed E-state index contributed by atoms with van der Waals surface area (Å²) < 4.78 is 15.9. The molecule has 0 aliphatic heterocycles. The Labute approximate surface area is 113 Å². The van der Waals surface area contributed by atoms with Crippen molar-refractivity contribution in [2.24, 2.45) is 4.36 Å². The third kappa shape index (κ3) is 3.64. The fourth-order valence-corrected chi connectivity index (χ4v) is 2.36. The minimum atomic E-state index is -2.17. The van der Waals surface area contributed by atoms with Gasteiger partial charge in [0.1, 0.15) is 12.1 Å². The maximum atomic E-state index is 11.7. The summed E-state index contributed by atoms with van der Waals surface area (Å²) in [4.78, 5) is 8.47. The van der Waals surface area contributed by atoms with Crippen molar-refractivity contribution < 1.29 is 4.21 Å². The van der Waals surface area contributed by atoms with Crippen LogP contribution in [-0.4, -0.2) is 32.7 Å². The zero-order valence-corrected chi connectivity index (χ0v) is 12.4. The van der Waals surface area contributed by atoms with Crippen LogP contribution < -0.4 is 5.32 Å². The molecule has 0 amide bonds. The van der Waals surface area contributed by atoms with Crippen LogP contribution in [0.25, 0.3) is 10.9 Å². The van der Waals surface area contributed by atoms with Gasteiger partial charge in [0.2, 0.25) is 0 Å². The van der Waals surface area contributed by atoms with Crippen LogP contribution in [0.4, 0.5) is 11.5 Å². The Morgan fingerprint density at radius 2 is 2.00 bits per heavy atom. The lowest BCUT2D eigenvalue weighted by atomic mass is 10.2. The van der Waals surface area contributed by atoms with Crippen molar-refractivity contribution in [1.29, 1.82) is 0 Å². The molecule has 0 saturated carbocycles. The lowest BCUT2D eigenvalue weighted by Gasteiger charge is -2.11. The van der Waals surface area contributed by atoms with Crippen molar-refractivity contribution in [3.8, 4) is 0 Å². The molecule has 0 atom stereocenters. The van der Waals surface area contributed by atoms with Gasteiger partial charge in [0.05, 0.1) is 11.2 Å². The van der Waals surface area contributed by atoms with Gasteiger partial charge in [-0.2, -0.15) is 4.36 Å². The fourth-order valence-electron chi connectivity index (χ4n) is 1.74. The molecule has 0 aliphatic carbocycles. The van der Waals surface area contributed by atoms with Crippen LogP contribution in [0.1, 0.15) is 13.8 Å². The molecule has 1 N–H and O–H groups in total. The molecule has 5 nitrogen and oxygen atoms in total. The van der Waals surface area contributed by atoms with Crippen LogP contribution in [-0.2, 0) is 9.73 Å². The summed E-state index contributed by atoms with van der Waals surface area (Å²) in [5.41, 5.74) is 1.53. The number of hydrogen-bond acceptors (Lipinski definition) is 5. The first-order chi connectivity index (χ1) is 8.85. The SMILES string of the molecule is CC(C)Nc1ncnc2ccc(N=S(C)(C)=O)cc12. The Balaban J connectivity index is 2.60. The average Bonchev–Trinajstić information content (AvgIpc) is 2.27. The second-order valence-corrected chi connectivity index (χ2v) is 7.54. The molecule has 2 rings (SSSR count). The molecule has 0 bridgehead atoms. The number of hydrogen-bond donors (Lipinski definition) is 1. The second kappa shape index (κ2) is 5.13. The highest BCUT2D eigenvalue weighted by Crippen LogP contribution is 2.25. The highest BCUT2D eigenvalue weighted by molar-refractivity contribution is 7.92. The van der Waals surface area contributed by atoms with Crippen molar-refractivity contribution in [3.63, 3.8) is 0 Å². The molecule has 102 valence electrons. The zero-order valence-electron chi connectivity index (χ0n) is 11.5. The van der Waals surface area contributed by atoms with Gasteiger partial charge in [0.15, 0.2) is 0 Å². The summed E-state index contributed by atoms with van der Waals surface area (Å²) in [6.07, 6.45) is 4.77. The molecule has 0 spiro atoms. The Morgan fingerprint density at radius 1 is 1.26 bits per heavy atom. The molecule has 0 aliphatic rings. The summed E-state index contributed by atoms with van der Waals surface area (Å²) in [6.45, 7) is 4.10. The smallest absolute Gasteiger partial charge is 0.137 e. The number of nitrogens with zero attached hydrogens (tertiary/aromatic N) is 3. The molecule has 2 aromatic rings. The van der Waals surface area contributed by atoms with Gasteiger partial charge in [0, 0.05) is 33.7 Å². The fraction of sp³-hybridized carbons (Fsp3) is 0.385. The monoisotopic (exact) mass is 278 g/mol. The summed E-state index contributed by atoms with van der Waals surface area (Å²) >= 11 is 0. The first kappa shape index (κ1) is 13.7. The van der Waals surface area contributed by atoms with Crippen molar-refractivity contribution in [1.82, 2.24) is 9.97 Å². The number of rotatable bonds is 3. The van der Waals surface area contributed by atoms with Gasteiger partial charge in [-0.1, -0.05) is 0 Å². The van der Waals surface area contributed by atoms with E-state index in [1.54, 1.807) is 12.5 Å². The van der Waals surface area contributed by atoms with Gasteiger partial charge in [-0.15, -0.1) is 0 Å². The molecule has 19 heavy (non-hydrogen) atoms. The minimum absolute atomic E-state index is 0.278. The Morgan fingerprint density at radius 3 is 2.63 bits per heavy atom. The average molecular weight is 278 g/mol. The molecular weight excluding hydrogens is 260 g/mol. The van der Waals surface area contributed by atoms with E-state index in [0.29, 0.717) is 5.69 Å². The van der Waals surface area contributed by atoms with E-state index in [0.717, 1.165) is 16.7 Å². The van der Waals surface area contributed by atoms with Gasteiger partial charge < -0.3 is 5.32 Å².